The van der Waals surface area contributed by atoms with Crippen molar-refractivity contribution in [2.24, 2.45) is 20.7 Å². The minimum Gasteiger partial charge on any atom is -0.394 e. The van der Waals surface area contributed by atoms with Gasteiger partial charge in [-0.05, 0) is 15.9 Å². The van der Waals surface area contributed by atoms with E-state index >= 15 is 0 Å². The number of rotatable bonds is 2. The van der Waals surface area contributed by atoms with Gasteiger partial charge in [0.2, 0.25) is 5.96 Å². The van der Waals surface area contributed by atoms with E-state index in [0.29, 0.717) is 0 Å². The summed E-state index contributed by atoms with van der Waals surface area (Å²) in [6.45, 7) is -0.463. The minimum atomic E-state index is -1.32. The molecule has 5 atom stereocenters. The minimum absolute atomic E-state index is 0.147. The van der Waals surface area contributed by atoms with Crippen molar-refractivity contribution in [3.8, 4) is 0 Å². The van der Waals surface area contributed by atoms with Gasteiger partial charge in [0.25, 0.3) is 5.91 Å². The first-order chi connectivity index (χ1) is 9.93. The Hall–Kier alpha value is -1.40. The Morgan fingerprint density at radius 1 is 1.33 bits per heavy atom. The van der Waals surface area contributed by atoms with Crippen molar-refractivity contribution >= 4 is 38.4 Å². The number of carbonyl (C=O) groups excluding carboxylic acids is 1. The number of nitrogens with two attached hydrogens (primary N) is 1. The number of aliphatic hydroxyl groups is 3. The molecular weight excluding hydrogens is 350 g/mol. The number of hydrogen-bond donors (Lipinski definition) is 4. The van der Waals surface area contributed by atoms with E-state index in [1.807, 2.05) is 0 Å². The molecule has 0 saturated carbocycles. The van der Waals surface area contributed by atoms with Crippen molar-refractivity contribution in [3.05, 3.63) is 0 Å². The van der Waals surface area contributed by atoms with E-state index in [4.69, 9.17) is 15.6 Å². The molecule has 10 nitrogen and oxygen atoms in total. The van der Waals surface area contributed by atoms with Gasteiger partial charge in [0.1, 0.15) is 18.3 Å². The summed E-state index contributed by atoms with van der Waals surface area (Å²) >= 11 is 3.16. The second-order valence-corrected chi connectivity index (χ2v) is 5.39. The number of guanidine groups is 1. The molecule has 0 aliphatic carbocycles. The number of amidine groups is 2. The third kappa shape index (κ3) is 2.17. The average molecular weight is 362 g/mol. The van der Waals surface area contributed by atoms with E-state index in [2.05, 4.69) is 30.9 Å². The summed E-state index contributed by atoms with van der Waals surface area (Å²) in [6.07, 6.45) is -4.60. The molecule has 0 bridgehead atoms. The van der Waals surface area contributed by atoms with Crippen LogP contribution in [-0.2, 0) is 9.53 Å². The van der Waals surface area contributed by atoms with E-state index in [1.54, 1.807) is 0 Å². The monoisotopic (exact) mass is 361 g/mol. The van der Waals surface area contributed by atoms with Crippen molar-refractivity contribution in [1.82, 2.24) is 4.90 Å². The molecule has 3 rings (SSSR count). The van der Waals surface area contributed by atoms with Gasteiger partial charge in [0.05, 0.1) is 6.61 Å². The second-order valence-electron chi connectivity index (χ2n) is 4.68. The van der Waals surface area contributed by atoms with Gasteiger partial charge >= 0.3 is 0 Å². The molecule has 3 heterocycles. The third-order valence-corrected chi connectivity index (χ3v) is 3.97. The normalized spacial score (nSPS) is 39.0. The fourth-order valence-corrected chi connectivity index (χ4v) is 2.97. The first-order valence-electron chi connectivity index (χ1n) is 6.05. The molecule has 0 aromatic carbocycles. The summed E-state index contributed by atoms with van der Waals surface area (Å²) in [7, 11) is 0. The zero-order chi connectivity index (χ0) is 15.3. The maximum atomic E-state index is 11.8. The fraction of sp³-hybridized carbons (Fsp3) is 0.600. The Labute approximate surface area is 126 Å². The molecule has 3 aliphatic heterocycles. The number of hydrogen-bond acceptors (Lipinski definition) is 9. The van der Waals surface area contributed by atoms with E-state index < -0.39 is 43.1 Å². The largest absolute Gasteiger partial charge is 0.394 e. The molecule has 114 valence electrons. The number of amides is 1. The molecule has 3 aliphatic rings. The predicted molar refractivity (Wildman–Crippen MR) is 73.8 cm³/mol. The maximum Gasteiger partial charge on any atom is 0.281 e. The van der Waals surface area contributed by atoms with Crippen LogP contribution in [0.5, 0.6) is 0 Å². The zero-order valence-electron chi connectivity index (χ0n) is 10.5. The van der Waals surface area contributed by atoms with E-state index in [1.165, 1.54) is 4.90 Å². The molecular formula is C10H12BrN5O5. The van der Waals surface area contributed by atoms with E-state index in [0.717, 1.165) is 0 Å². The maximum absolute atomic E-state index is 11.8. The quantitative estimate of drug-likeness (QED) is 0.385. The topological polar surface area (TPSA) is 153 Å². The number of ether oxygens (including phenoxy) is 1. The van der Waals surface area contributed by atoms with Crippen molar-refractivity contribution in [3.63, 3.8) is 0 Å². The van der Waals surface area contributed by atoms with Crippen LogP contribution in [0.4, 0.5) is 0 Å². The molecule has 0 spiro atoms. The Morgan fingerprint density at radius 2 is 2.05 bits per heavy atom. The van der Waals surface area contributed by atoms with Crippen molar-refractivity contribution in [2.75, 3.05) is 6.61 Å². The summed E-state index contributed by atoms with van der Waals surface area (Å²) in [5, 5.41) is 29.0. The number of fused-ring (bicyclic) bond motifs is 1. The second kappa shape index (κ2) is 5.10. The zero-order valence-corrected chi connectivity index (χ0v) is 12.1. The van der Waals surface area contributed by atoms with Gasteiger partial charge in [-0.15, -0.1) is 0 Å². The van der Waals surface area contributed by atoms with Gasteiger partial charge in [-0.1, -0.05) is 0 Å². The molecule has 21 heavy (non-hydrogen) atoms. The smallest absolute Gasteiger partial charge is 0.281 e. The summed E-state index contributed by atoms with van der Waals surface area (Å²) in [5.41, 5.74) is 5.46. The molecule has 0 aromatic rings. The van der Waals surface area contributed by atoms with Gasteiger partial charge in [-0.25, -0.2) is 4.99 Å². The lowest BCUT2D eigenvalue weighted by atomic mass is 10.1. The van der Waals surface area contributed by atoms with Crippen LogP contribution in [0.3, 0.4) is 0 Å². The van der Waals surface area contributed by atoms with Crippen LogP contribution in [0, 0.1) is 0 Å². The van der Waals surface area contributed by atoms with Crippen LogP contribution in [0.1, 0.15) is 0 Å². The highest BCUT2D eigenvalue weighted by Crippen LogP contribution is 2.30. The number of aliphatic imine (C=N–C) groups is 3. The highest BCUT2D eigenvalue weighted by atomic mass is 79.9. The van der Waals surface area contributed by atoms with Gasteiger partial charge in [0, 0.05) is 0 Å². The van der Waals surface area contributed by atoms with Crippen LogP contribution >= 0.6 is 15.9 Å². The molecule has 1 amide bonds. The highest BCUT2D eigenvalue weighted by molar-refractivity contribution is 9.18. The van der Waals surface area contributed by atoms with Gasteiger partial charge in [-0.3, -0.25) is 9.69 Å². The molecule has 1 fully saturated rings. The molecule has 5 N–H and O–H groups in total. The van der Waals surface area contributed by atoms with Crippen molar-refractivity contribution in [1.29, 1.82) is 0 Å². The highest BCUT2D eigenvalue weighted by Gasteiger charge is 2.51. The molecule has 0 aromatic heterocycles. The summed E-state index contributed by atoms with van der Waals surface area (Å²) in [6, 6.07) is -0.965. The molecule has 1 saturated heterocycles. The number of aliphatic hydroxyl groups excluding tert-OH is 3. The molecule has 0 radical (unpaired) electrons. The van der Waals surface area contributed by atoms with Crippen LogP contribution < -0.4 is 5.73 Å². The number of halogens is 1. The SMILES string of the molecule is NC1=NC(=O)[C@H]2N=C(Br)N([C@@H]3O[C@H](CO)[C@@H](O)[C@H]3O)C2=N1. The van der Waals surface area contributed by atoms with Crippen LogP contribution in [0.2, 0.25) is 0 Å². The first kappa shape index (κ1) is 14.5. The van der Waals surface area contributed by atoms with Gasteiger partial charge < -0.3 is 25.8 Å². The Balaban J connectivity index is 1.94. The van der Waals surface area contributed by atoms with Gasteiger partial charge in [-0.2, -0.15) is 9.98 Å². The lowest BCUT2D eigenvalue weighted by Crippen LogP contribution is -2.50. The van der Waals surface area contributed by atoms with Crippen LogP contribution in [0.15, 0.2) is 15.0 Å². The first-order valence-corrected chi connectivity index (χ1v) is 6.85. The van der Waals surface area contributed by atoms with Crippen LogP contribution in [0.25, 0.3) is 0 Å². The Morgan fingerprint density at radius 3 is 2.67 bits per heavy atom. The van der Waals surface area contributed by atoms with E-state index in [-0.39, 0.29) is 16.5 Å². The molecule has 11 heteroatoms. The predicted octanol–water partition coefficient (Wildman–Crippen LogP) is -2.89. The Kier molecular flexibility index (Phi) is 3.53. The number of nitrogens with zero attached hydrogens (tertiary/aromatic N) is 4. The fourth-order valence-electron chi connectivity index (χ4n) is 2.38. The van der Waals surface area contributed by atoms with Crippen molar-refractivity contribution < 1.29 is 24.9 Å². The third-order valence-electron chi connectivity index (χ3n) is 3.39. The molecule has 0 unspecified atom stereocenters. The summed E-state index contributed by atoms with van der Waals surface area (Å²) in [5.74, 6) is -0.654. The van der Waals surface area contributed by atoms with E-state index in [9.17, 15) is 15.0 Å². The lowest BCUT2D eigenvalue weighted by Gasteiger charge is -2.28. The lowest BCUT2D eigenvalue weighted by molar-refractivity contribution is -0.117. The average Bonchev–Trinajstić information content (AvgIpc) is 2.89. The standard InChI is InChI=1S/C10H12BrN5O5/c11-9-13-3-6(14-10(12)15-7(3)20)16(9)8-5(19)4(18)2(1-17)21-8/h2-5,8,17-19H,1H2,(H2,12,15,20)/t2-,3+,4-,5-,8-/m1/s1. The van der Waals surface area contributed by atoms with Gasteiger partial charge in [0.15, 0.2) is 22.9 Å². The van der Waals surface area contributed by atoms with Crippen LogP contribution in [-0.4, -0.2) is 79.9 Å². The summed E-state index contributed by atoms with van der Waals surface area (Å²) < 4.78 is 5.60. The summed E-state index contributed by atoms with van der Waals surface area (Å²) in [4.78, 5) is 24.6. The Bertz CT molecular complexity index is 578. The number of carbonyl (C=O) groups is 1. The van der Waals surface area contributed by atoms with Crippen molar-refractivity contribution in [2.45, 2.75) is 30.6 Å².